The molecule has 0 atom stereocenters. The smallest absolute Gasteiger partial charge is 0.211 e. The topological polar surface area (TPSA) is 49.7 Å². The van der Waals surface area contributed by atoms with Gasteiger partial charge in [0.05, 0.1) is 0 Å². The second-order valence-electron chi connectivity index (χ2n) is 3.30. The molecular weight excluding hydrogens is 185 g/mol. The Balaban J connectivity index is 2.65. The molecule has 1 aliphatic carbocycles. The molecule has 0 unspecified atom stereocenters. The van der Waals surface area contributed by atoms with E-state index in [4.69, 9.17) is 5.21 Å². The van der Waals surface area contributed by atoms with Gasteiger partial charge in [-0.05, 0) is 30.2 Å². The predicted octanol–water partition coefficient (Wildman–Crippen LogP) is 1.70. The lowest BCUT2D eigenvalue weighted by atomic mass is 10.0. The van der Waals surface area contributed by atoms with Crippen LogP contribution in [-0.2, 0) is 6.42 Å². The molecule has 0 saturated carbocycles. The quantitative estimate of drug-likeness (QED) is 0.503. The van der Waals surface area contributed by atoms with E-state index in [0.717, 1.165) is 5.56 Å². The number of nitrogens with zero attached hydrogens (tertiary/aromatic N) is 1. The van der Waals surface area contributed by atoms with Gasteiger partial charge in [-0.1, -0.05) is 5.16 Å². The first kappa shape index (κ1) is 8.87. The molecule has 1 N–H and O–H groups in total. The molecule has 2 rings (SSSR count). The molecule has 0 heterocycles. The van der Waals surface area contributed by atoms with Crippen LogP contribution in [-0.4, -0.2) is 16.7 Å². The number of ketones is 1. The largest absolute Gasteiger partial charge is 0.411 e. The minimum atomic E-state index is -0.436. The summed E-state index contributed by atoms with van der Waals surface area (Å²) in [5.41, 5.74) is 1.86. The lowest BCUT2D eigenvalue weighted by molar-refractivity contribution is 0.106. The minimum absolute atomic E-state index is 0.0775. The highest BCUT2D eigenvalue weighted by atomic mass is 19.1. The summed E-state index contributed by atoms with van der Waals surface area (Å²) in [5.74, 6) is -0.820. The third-order valence-corrected chi connectivity index (χ3v) is 2.41. The van der Waals surface area contributed by atoms with Gasteiger partial charge in [0.2, 0.25) is 5.78 Å². The van der Waals surface area contributed by atoms with Gasteiger partial charge in [0.1, 0.15) is 11.5 Å². The second kappa shape index (κ2) is 2.90. The van der Waals surface area contributed by atoms with Gasteiger partial charge < -0.3 is 5.21 Å². The van der Waals surface area contributed by atoms with Crippen molar-refractivity contribution in [1.29, 1.82) is 0 Å². The van der Waals surface area contributed by atoms with E-state index in [-0.39, 0.29) is 17.9 Å². The van der Waals surface area contributed by atoms with Crippen LogP contribution in [0.2, 0.25) is 0 Å². The molecule has 14 heavy (non-hydrogen) atoms. The normalized spacial score (nSPS) is 17.6. The number of halogens is 1. The van der Waals surface area contributed by atoms with Gasteiger partial charge in [-0.15, -0.1) is 0 Å². The van der Waals surface area contributed by atoms with Gasteiger partial charge in [0.15, 0.2) is 0 Å². The molecule has 0 aliphatic heterocycles. The number of aryl methyl sites for hydroxylation is 1. The zero-order valence-corrected chi connectivity index (χ0v) is 7.54. The highest BCUT2D eigenvalue weighted by Gasteiger charge is 2.28. The zero-order chi connectivity index (χ0) is 10.3. The van der Waals surface area contributed by atoms with Crippen LogP contribution in [0.1, 0.15) is 21.5 Å². The first-order chi connectivity index (χ1) is 6.63. The molecule has 4 heteroatoms. The first-order valence-corrected chi connectivity index (χ1v) is 4.18. The number of rotatable bonds is 0. The highest BCUT2D eigenvalue weighted by Crippen LogP contribution is 2.24. The predicted molar refractivity (Wildman–Crippen MR) is 48.4 cm³/mol. The highest BCUT2D eigenvalue weighted by molar-refractivity contribution is 6.49. The Morgan fingerprint density at radius 2 is 2.21 bits per heavy atom. The van der Waals surface area contributed by atoms with Crippen molar-refractivity contribution in [3.63, 3.8) is 0 Å². The average Bonchev–Trinajstić information content (AvgIpc) is 2.44. The van der Waals surface area contributed by atoms with Gasteiger partial charge in [0, 0.05) is 12.0 Å². The van der Waals surface area contributed by atoms with Gasteiger partial charge >= 0.3 is 0 Å². The van der Waals surface area contributed by atoms with Crippen molar-refractivity contribution in [2.45, 2.75) is 13.3 Å². The first-order valence-electron chi connectivity index (χ1n) is 4.18. The number of oxime groups is 1. The molecule has 1 aromatic rings. The van der Waals surface area contributed by atoms with Crippen molar-refractivity contribution in [2.24, 2.45) is 5.16 Å². The molecule has 0 bridgehead atoms. The molecule has 0 saturated heterocycles. The zero-order valence-electron chi connectivity index (χ0n) is 7.54. The fraction of sp³-hybridized carbons (Fsp3) is 0.200. The molecule has 0 spiro atoms. The number of Topliss-reactive ketones (excluding diaryl/α,β-unsaturated/α-hetero) is 1. The Hall–Kier alpha value is -1.71. The number of fused-ring (bicyclic) bond motifs is 1. The molecule has 1 aromatic carbocycles. The van der Waals surface area contributed by atoms with Crippen LogP contribution in [0, 0.1) is 12.7 Å². The summed E-state index contributed by atoms with van der Waals surface area (Å²) in [6.45, 7) is 1.73. The molecular formula is C10H8FNO2. The van der Waals surface area contributed by atoms with Crippen molar-refractivity contribution in [2.75, 3.05) is 0 Å². The van der Waals surface area contributed by atoms with E-state index in [2.05, 4.69) is 5.16 Å². The lowest BCUT2D eigenvalue weighted by Gasteiger charge is -2.00. The maximum atomic E-state index is 13.0. The Kier molecular flexibility index (Phi) is 1.84. The number of hydrogen-bond donors (Lipinski definition) is 1. The minimum Gasteiger partial charge on any atom is -0.411 e. The van der Waals surface area contributed by atoms with E-state index in [0.29, 0.717) is 11.1 Å². The third kappa shape index (κ3) is 1.11. The molecule has 3 nitrogen and oxygen atoms in total. The Morgan fingerprint density at radius 1 is 1.50 bits per heavy atom. The van der Waals surface area contributed by atoms with Crippen molar-refractivity contribution in [3.05, 3.63) is 34.6 Å². The van der Waals surface area contributed by atoms with Gasteiger partial charge in [0.25, 0.3) is 0 Å². The monoisotopic (exact) mass is 193 g/mol. The summed E-state index contributed by atoms with van der Waals surface area (Å²) in [7, 11) is 0. The number of benzene rings is 1. The fourth-order valence-electron chi connectivity index (χ4n) is 1.69. The van der Waals surface area contributed by atoms with Gasteiger partial charge in [-0.2, -0.15) is 0 Å². The average molecular weight is 193 g/mol. The molecule has 0 amide bonds. The third-order valence-electron chi connectivity index (χ3n) is 2.41. The van der Waals surface area contributed by atoms with Gasteiger partial charge in [-0.25, -0.2) is 4.39 Å². The van der Waals surface area contributed by atoms with Crippen molar-refractivity contribution >= 4 is 11.5 Å². The standard InChI is InChI=1S/C10H8FNO2/c1-5-2-6(11)3-8-7(5)4-9(12-14)10(8)13/h2-3,14H,4H2,1H3/b12-9+. The maximum absolute atomic E-state index is 13.0. The van der Waals surface area contributed by atoms with E-state index in [1.165, 1.54) is 12.1 Å². The van der Waals surface area contributed by atoms with Crippen LogP contribution in [0.5, 0.6) is 0 Å². The van der Waals surface area contributed by atoms with E-state index in [9.17, 15) is 9.18 Å². The van der Waals surface area contributed by atoms with Crippen molar-refractivity contribution in [1.82, 2.24) is 0 Å². The summed E-state index contributed by atoms with van der Waals surface area (Å²) in [4.78, 5) is 11.5. The van der Waals surface area contributed by atoms with Crippen LogP contribution < -0.4 is 0 Å². The van der Waals surface area contributed by atoms with Crippen LogP contribution >= 0.6 is 0 Å². The summed E-state index contributed by atoms with van der Waals surface area (Å²) >= 11 is 0. The second-order valence-corrected chi connectivity index (χ2v) is 3.30. The summed E-state index contributed by atoms with van der Waals surface area (Å²) in [5, 5.41) is 11.4. The van der Waals surface area contributed by atoms with Crippen LogP contribution in [0.25, 0.3) is 0 Å². The molecule has 0 radical (unpaired) electrons. The van der Waals surface area contributed by atoms with Crippen molar-refractivity contribution in [3.8, 4) is 0 Å². The van der Waals surface area contributed by atoms with E-state index < -0.39 is 5.82 Å². The molecule has 1 aliphatic rings. The number of hydrogen-bond acceptors (Lipinski definition) is 3. The Bertz CT molecular complexity index is 452. The van der Waals surface area contributed by atoms with Crippen LogP contribution in [0.15, 0.2) is 17.3 Å². The van der Waals surface area contributed by atoms with E-state index in [1.807, 2.05) is 0 Å². The van der Waals surface area contributed by atoms with Crippen molar-refractivity contribution < 1.29 is 14.4 Å². The number of carbonyl (C=O) groups excluding carboxylic acids is 1. The number of carbonyl (C=O) groups is 1. The van der Waals surface area contributed by atoms with E-state index >= 15 is 0 Å². The van der Waals surface area contributed by atoms with Crippen LogP contribution in [0.3, 0.4) is 0 Å². The Labute approximate surface area is 79.9 Å². The molecule has 72 valence electrons. The summed E-state index contributed by atoms with van der Waals surface area (Å²) in [6.07, 6.45) is 0.288. The van der Waals surface area contributed by atoms with Gasteiger partial charge in [-0.3, -0.25) is 4.79 Å². The molecule has 0 fully saturated rings. The maximum Gasteiger partial charge on any atom is 0.211 e. The summed E-state index contributed by atoms with van der Waals surface area (Å²) in [6, 6.07) is 2.55. The SMILES string of the molecule is Cc1cc(F)cc2c1C/C(=N\O)C2=O. The summed E-state index contributed by atoms with van der Waals surface area (Å²) < 4.78 is 13.0. The fourth-order valence-corrected chi connectivity index (χ4v) is 1.69. The van der Waals surface area contributed by atoms with E-state index in [1.54, 1.807) is 6.92 Å². The lowest BCUT2D eigenvalue weighted by Crippen LogP contribution is -2.06. The Morgan fingerprint density at radius 3 is 2.86 bits per heavy atom. The molecule has 0 aromatic heterocycles. The van der Waals surface area contributed by atoms with Crippen LogP contribution in [0.4, 0.5) is 4.39 Å².